The van der Waals surface area contributed by atoms with Crippen molar-refractivity contribution in [2.75, 3.05) is 0 Å². The fourth-order valence-corrected chi connectivity index (χ4v) is 3.51. The Morgan fingerprint density at radius 3 is 2.81 bits per heavy atom. The quantitative estimate of drug-likeness (QED) is 0.740. The molecule has 0 radical (unpaired) electrons. The van der Waals surface area contributed by atoms with Gasteiger partial charge in [0, 0.05) is 10.5 Å². The third kappa shape index (κ3) is 3.49. The van der Waals surface area contributed by atoms with E-state index in [-0.39, 0.29) is 0 Å². The molecule has 2 rings (SSSR count). The summed E-state index contributed by atoms with van der Waals surface area (Å²) < 4.78 is 27.7. The number of benzene rings is 1. The average molecular weight is 374 g/mol. The monoisotopic (exact) mass is 373 g/mol. The van der Waals surface area contributed by atoms with E-state index >= 15 is 0 Å². The number of halogens is 1. The van der Waals surface area contributed by atoms with Crippen molar-refractivity contribution in [3.8, 4) is 0 Å². The molecule has 0 unspecified atom stereocenters. The number of carboxylic acid groups (broad SMARTS) is 1. The van der Waals surface area contributed by atoms with Gasteiger partial charge in [-0.25, -0.2) is 17.9 Å². The third-order valence-corrected chi connectivity index (χ3v) is 4.79. The highest BCUT2D eigenvalue weighted by atomic mass is 79.9. The van der Waals surface area contributed by atoms with Crippen LogP contribution in [0.25, 0.3) is 0 Å². The molecule has 0 aliphatic carbocycles. The topological polar surface area (TPSA) is 112 Å². The predicted octanol–water partition coefficient (Wildman–Crippen LogP) is 1.91. The van der Waals surface area contributed by atoms with Crippen LogP contribution in [0.5, 0.6) is 0 Å². The Kier molecular flexibility index (Phi) is 4.45. The van der Waals surface area contributed by atoms with Crippen molar-refractivity contribution in [3.05, 3.63) is 46.1 Å². The van der Waals surface area contributed by atoms with Crippen LogP contribution in [-0.2, 0) is 10.0 Å². The molecule has 112 valence electrons. The van der Waals surface area contributed by atoms with Crippen molar-refractivity contribution in [2.24, 2.45) is 0 Å². The number of H-pyrrole nitrogens is 1. The average Bonchev–Trinajstić information content (AvgIpc) is 2.88. The molecule has 3 N–H and O–H groups in total. The van der Waals surface area contributed by atoms with Gasteiger partial charge in [0.15, 0.2) is 5.03 Å². The van der Waals surface area contributed by atoms with E-state index in [1.54, 1.807) is 25.1 Å². The summed E-state index contributed by atoms with van der Waals surface area (Å²) >= 11 is 3.31. The molecule has 9 heteroatoms. The van der Waals surface area contributed by atoms with Crippen molar-refractivity contribution in [1.29, 1.82) is 0 Å². The van der Waals surface area contributed by atoms with Gasteiger partial charge < -0.3 is 5.11 Å². The molecule has 0 spiro atoms. The normalized spacial score (nSPS) is 13.0. The van der Waals surface area contributed by atoms with Crippen molar-refractivity contribution in [3.63, 3.8) is 0 Å². The number of nitrogens with zero attached hydrogens (tertiary/aromatic N) is 1. The highest BCUT2D eigenvalue weighted by Crippen LogP contribution is 2.20. The Balaban J connectivity index is 2.29. The maximum atomic E-state index is 12.2. The maximum Gasteiger partial charge on any atom is 0.340 e. The number of carbonyl (C=O) groups is 1. The zero-order valence-corrected chi connectivity index (χ0v) is 13.3. The molecule has 2 aromatic rings. The summed E-state index contributed by atoms with van der Waals surface area (Å²) in [4.78, 5) is 11.0. The zero-order valence-electron chi connectivity index (χ0n) is 10.9. The second kappa shape index (κ2) is 5.96. The number of aromatic carboxylic acids is 1. The van der Waals surface area contributed by atoms with Crippen molar-refractivity contribution in [1.82, 2.24) is 14.9 Å². The molecule has 0 aliphatic heterocycles. The van der Waals surface area contributed by atoms with E-state index < -0.39 is 32.6 Å². The third-order valence-electron chi connectivity index (χ3n) is 2.78. The zero-order chi connectivity index (χ0) is 15.6. The lowest BCUT2D eigenvalue weighted by molar-refractivity contribution is 0.0692. The summed E-state index contributed by atoms with van der Waals surface area (Å²) in [6, 6.07) is 6.62. The number of nitrogens with one attached hydrogen (secondary N) is 2. The largest absolute Gasteiger partial charge is 0.478 e. The van der Waals surface area contributed by atoms with Gasteiger partial charge in [-0.15, -0.1) is 0 Å². The van der Waals surface area contributed by atoms with Crippen molar-refractivity contribution in [2.45, 2.75) is 18.0 Å². The van der Waals surface area contributed by atoms with Crippen LogP contribution in [0.4, 0.5) is 0 Å². The SMILES string of the molecule is C[C@H](NS(=O)(=O)c1[nH]ncc1C(=O)O)c1cccc(Br)c1. The van der Waals surface area contributed by atoms with E-state index in [0.29, 0.717) is 0 Å². The molecule has 1 atom stereocenters. The molecular weight excluding hydrogens is 362 g/mol. The van der Waals surface area contributed by atoms with Crippen LogP contribution in [0.3, 0.4) is 0 Å². The molecule has 0 fully saturated rings. The summed E-state index contributed by atoms with van der Waals surface area (Å²) in [6.45, 7) is 1.66. The minimum absolute atomic E-state index is 0.399. The van der Waals surface area contributed by atoms with Gasteiger partial charge >= 0.3 is 5.97 Å². The van der Waals surface area contributed by atoms with E-state index in [9.17, 15) is 13.2 Å². The number of rotatable bonds is 5. The highest BCUT2D eigenvalue weighted by molar-refractivity contribution is 9.10. The molecule has 0 saturated heterocycles. The number of aromatic amines is 1. The second-order valence-corrected chi connectivity index (χ2v) is 6.88. The molecule has 0 bridgehead atoms. The van der Waals surface area contributed by atoms with E-state index in [2.05, 4.69) is 30.8 Å². The van der Waals surface area contributed by atoms with Gasteiger partial charge in [-0.1, -0.05) is 28.1 Å². The van der Waals surface area contributed by atoms with Gasteiger partial charge in [0.1, 0.15) is 5.56 Å². The minimum atomic E-state index is -4.02. The predicted molar refractivity (Wildman–Crippen MR) is 78.4 cm³/mol. The summed E-state index contributed by atoms with van der Waals surface area (Å²) in [6.07, 6.45) is 0.959. The van der Waals surface area contributed by atoms with E-state index in [0.717, 1.165) is 16.2 Å². The summed E-state index contributed by atoms with van der Waals surface area (Å²) in [7, 11) is -4.02. The molecule has 0 saturated carbocycles. The van der Waals surface area contributed by atoms with Gasteiger partial charge in [0.2, 0.25) is 0 Å². The van der Waals surface area contributed by atoms with Gasteiger partial charge in [0.25, 0.3) is 10.0 Å². The maximum absolute atomic E-state index is 12.2. The Morgan fingerprint density at radius 1 is 1.48 bits per heavy atom. The molecule has 1 aromatic heterocycles. The molecular formula is C12H12BrN3O4S. The van der Waals surface area contributed by atoms with Gasteiger partial charge in [-0.05, 0) is 24.6 Å². The first kappa shape index (κ1) is 15.7. The molecule has 21 heavy (non-hydrogen) atoms. The number of sulfonamides is 1. The first-order valence-electron chi connectivity index (χ1n) is 5.85. The van der Waals surface area contributed by atoms with Crippen molar-refractivity contribution >= 4 is 31.9 Å². The summed E-state index contributed by atoms with van der Waals surface area (Å²) in [5.41, 5.74) is 0.341. The minimum Gasteiger partial charge on any atom is -0.478 e. The van der Waals surface area contributed by atoms with Gasteiger partial charge in [-0.3, -0.25) is 5.10 Å². The lowest BCUT2D eigenvalue weighted by atomic mass is 10.1. The Bertz CT molecular complexity index is 772. The Hall–Kier alpha value is -1.71. The Morgan fingerprint density at radius 2 is 2.19 bits per heavy atom. The van der Waals surface area contributed by atoms with Crippen molar-refractivity contribution < 1.29 is 18.3 Å². The highest BCUT2D eigenvalue weighted by Gasteiger charge is 2.26. The first-order valence-corrected chi connectivity index (χ1v) is 8.13. The van der Waals surface area contributed by atoms with Crippen LogP contribution in [0, 0.1) is 0 Å². The number of hydrogen-bond acceptors (Lipinski definition) is 4. The fraction of sp³-hybridized carbons (Fsp3) is 0.167. The van der Waals surface area contributed by atoms with E-state index in [4.69, 9.17) is 5.11 Å². The van der Waals surface area contributed by atoms with Crippen LogP contribution in [0.1, 0.15) is 28.9 Å². The number of carboxylic acids is 1. The van der Waals surface area contributed by atoms with E-state index in [1.165, 1.54) is 0 Å². The molecule has 1 heterocycles. The smallest absolute Gasteiger partial charge is 0.340 e. The lowest BCUT2D eigenvalue weighted by Crippen LogP contribution is -2.28. The molecule has 1 aromatic carbocycles. The van der Waals surface area contributed by atoms with Gasteiger partial charge in [-0.2, -0.15) is 5.10 Å². The van der Waals surface area contributed by atoms with Crippen LogP contribution >= 0.6 is 15.9 Å². The number of hydrogen-bond donors (Lipinski definition) is 3. The fourth-order valence-electron chi connectivity index (χ4n) is 1.77. The van der Waals surface area contributed by atoms with Crippen LogP contribution < -0.4 is 4.72 Å². The summed E-state index contributed by atoms with van der Waals surface area (Å²) in [5.74, 6) is -1.36. The van der Waals surface area contributed by atoms with E-state index in [1.807, 2.05) is 6.07 Å². The molecule has 0 aliphatic rings. The second-order valence-electron chi connectivity index (χ2n) is 4.32. The lowest BCUT2D eigenvalue weighted by Gasteiger charge is -2.14. The van der Waals surface area contributed by atoms with Crippen LogP contribution in [0.2, 0.25) is 0 Å². The summed E-state index contributed by atoms with van der Waals surface area (Å²) in [5, 5.41) is 14.2. The van der Waals surface area contributed by atoms with Crippen LogP contribution in [0.15, 0.2) is 40.0 Å². The first-order chi connectivity index (χ1) is 9.81. The molecule has 7 nitrogen and oxygen atoms in total. The van der Waals surface area contributed by atoms with Gasteiger partial charge in [0.05, 0.1) is 6.20 Å². The standard InChI is InChI=1S/C12H12BrN3O4S/c1-7(8-3-2-4-9(13)5-8)16-21(19,20)11-10(12(17)18)6-14-15-11/h2-7,16H,1H3,(H,14,15)(H,17,18)/t7-/m0/s1. The Labute approximate surface area is 129 Å². The van der Waals surface area contributed by atoms with Crippen LogP contribution in [-0.4, -0.2) is 29.7 Å². The number of aromatic nitrogens is 2. The molecule has 0 amide bonds.